The Kier molecular flexibility index (Phi) is 5.38. The first kappa shape index (κ1) is 13.4. The number of rotatable bonds is 7. The van der Waals surface area contributed by atoms with Crippen LogP contribution >= 0.6 is 0 Å². The third kappa shape index (κ3) is 4.01. The van der Waals surface area contributed by atoms with Gasteiger partial charge in [-0.1, -0.05) is 0 Å². The Bertz CT molecular complexity index is 364. The van der Waals surface area contributed by atoms with Crippen LogP contribution in [0.15, 0.2) is 18.5 Å². The lowest BCUT2D eigenvalue weighted by molar-refractivity contribution is 0.0697. The second-order valence-electron chi connectivity index (χ2n) is 3.54. The van der Waals surface area contributed by atoms with Gasteiger partial charge in [0.1, 0.15) is 5.56 Å². The van der Waals surface area contributed by atoms with Gasteiger partial charge in [0, 0.05) is 26.1 Å². The van der Waals surface area contributed by atoms with Gasteiger partial charge in [0.2, 0.25) is 0 Å². The van der Waals surface area contributed by atoms with E-state index in [1.54, 1.807) is 13.2 Å². The van der Waals surface area contributed by atoms with E-state index in [1.807, 2.05) is 0 Å². The minimum atomic E-state index is -1.04. The molecule has 0 radical (unpaired) electrons. The van der Waals surface area contributed by atoms with Gasteiger partial charge in [0.05, 0.1) is 18.3 Å². The molecule has 0 aromatic carbocycles. The maximum absolute atomic E-state index is 11.0. The van der Waals surface area contributed by atoms with Crippen molar-refractivity contribution in [3.63, 3.8) is 0 Å². The zero-order valence-corrected chi connectivity index (χ0v) is 9.59. The molecule has 3 N–H and O–H groups in total. The molecule has 6 nitrogen and oxygen atoms in total. The molecule has 0 aliphatic carbocycles. The number of nitrogens with zero attached hydrogens (tertiary/aromatic N) is 1. The SMILES string of the molecule is COCC(CCO)Nc1ccncc1C(=O)O. The number of methoxy groups -OCH3 is 1. The minimum absolute atomic E-state index is 0.00845. The second-order valence-corrected chi connectivity index (χ2v) is 3.54. The van der Waals surface area contributed by atoms with Crippen LogP contribution in [0.2, 0.25) is 0 Å². The quantitative estimate of drug-likeness (QED) is 0.646. The van der Waals surface area contributed by atoms with E-state index in [1.165, 1.54) is 12.4 Å². The number of aromatic carboxylic acids is 1. The van der Waals surface area contributed by atoms with Gasteiger partial charge >= 0.3 is 5.97 Å². The highest BCUT2D eigenvalue weighted by molar-refractivity contribution is 5.93. The first-order valence-electron chi connectivity index (χ1n) is 5.22. The molecule has 0 saturated carbocycles. The maximum atomic E-state index is 11.0. The summed E-state index contributed by atoms with van der Waals surface area (Å²) in [5.74, 6) is -1.04. The van der Waals surface area contributed by atoms with Gasteiger partial charge in [-0.05, 0) is 12.5 Å². The van der Waals surface area contributed by atoms with E-state index in [0.29, 0.717) is 18.7 Å². The van der Waals surface area contributed by atoms with Crippen molar-refractivity contribution in [2.24, 2.45) is 0 Å². The van der Waals surface area contributed by atoms with Crippen LogP contribution in [-0.2, 0) is 4.74 Å². The highest BCUT2D eigenvalue weighted by Crippen LogP contribution is 2.15. The molecule has 0 bridgehead atoms. The number of anilines is 1. The molecule has 0 amide bonds. The van der Waals surface area contributed by atoms with Crippen molar-refractivity contribution in [2.45, 2.75) is 12.5 Å². The largest absolute Gasteiger partial charge is 0.478 e. The predicted octanol–water partition coefficient (Wildman–Crippen LogP) is 0.589. The number of carboxylic acid groups (broad SMARTS) is 1. The number of carboxylic acids is 1. The molecule has 17 heavy (non-hydrogen) atoms. The smallest absolute Gasteiger partial charge is 0.339 e. The van der Waals surface area contributed by atoms with Crippen molar-refractivity contribution in [1.29, 1.82) is 0 Å². The lowest BCUT2D eigenvalue weighted by atomic mass is 10.2. The molecule has 0 fully saturated rings. The molecule has 0 aliphatic heterocycles. The van der Waals surface area contributed by atoms with Crippen LogP contribution in [0.5, 0.6) is 0 Å². The molecule has 1 unspecified atom stereocenters. The monoisotopic (exact) mass is 240 g/mol. The van der Waals surface area contributed by atoms with Crippen molar-refractivity contribution in [3.05, 3.63) is 24.0 Å². The Morgan fingerprint density at radius 2 is 2.41 bits per heavy atom. The van der Waals surface area contributed by atoms with Crippen molar-refractivity contribution < 1.29 is 19.7 Å². The number of hydrogen-bond donors (Lipinski definition) is 3. The Labute approximate surface area is 99.3 Å². The zero-order chi connectivity index (χ0) is 12.7. The van der Waals surface area contributed by atoms with Gasteiger partial charge < -0.3 is 20.3 Å². The molecule has 6 heteroatoms. The Morgan fingerprint density at radius 3 is 3.00 bits per heavy atom. The van der Waals surface area contributed by atoms with Gasteiger partial charge in [-0.2, -0.15) is 0 Å². The molecule has 1 heterocycles. The fraction of sp³-hybridized carbons (Fsp3) is 0.455. The molecular weight excluding hydrogens is 224 g/mol. The third-order valence-corrected chi connectivity index (χ3v) is 2.26. The molecule has 1 atom stereocenters. The summed E-state index contributed by atoms with van der Waals surface area (Å²) < 4.78 is 4.99. The average molecular weight is 240 g/mol. The standard InChI is InChI=1S/C11H16N2O4/c1-17-7-8(3-5-14)13-10-2-4-12-6-9(10)11(15)16/h2,4,6,8,14H,3,5,7H2,1H3,(H,12,13)(H,15,16). The molecule has 1 aromatic heterocycles. The number of aromatic nitrogens is 1. The van der Waals surface area contributed by atoms with Crippen molar-refractivity contribution in [3.8, 4) is 0 Å². The Balaban J connectivity index is 2.80. The molecule has 1 aromatic rings. The maximum Gasteiger partial charge on any atom is 0.339 e. The van der Waals surface area contributed by atoms with Crippen LogP contribution in [-0.4, -0.2) is 47.5 Å². The number of aliphatic hydroxyl groups is 1. The topological polar surface area (TPSA) is 91.7 Å². The van der Waals surface area contributed by atoms with Crippen molar-refractivity contribution >= 4 is 11.7 Å². The molecular formula is C11H16N2O4. The molecule has 94 valence electrons. The van der Waals surface area contributed by atoms with E-state index < -0.39 is 5.97 Å². The van der Waals surface area contributed by atoms with Crippen LogP contribution in [0.1, 0.15) is 16.8 Å². The van der Waals surface area contributed by atoms with Crippen molar-refractivity contribution in [1.82, 2.24) is 4.98 Å². The zero-order valence-electron chi connectivity index (χ0n) is 9.59. The summed E-state index contributed by atoms with van der Waals surface area (Å²) in [4.78, 5) is 14.7. The predicted molar refractivity (Wildman–Crippen MR) is 62.2 cm³/mol. The van der Waals surface area contributed by atoms with E-state index in [4.69, 9.17) is 14.9 Å². The van der Waals surface area contributed by atoms with E-state index in [0.717, 1.165) is 0 Å². The van der Waals surface area contributed by atoms with Crippen LogP contribution < -0.4 is 5.32 Å². The summed E-state index contributed by atoms with van der Waals surface area (Å²) >= 11 is 0. The molecule has 0 spiro atoms. The van der Waals surface area contributed by atoms with Crippen LogP contribution in [0.25, 0.3) is 0 Å². The number of ether oxygens (including phenoxy) is 1. The summed E-state index contributed by atoms with van der Waals surface area (Å²) in [5.41, 5.74) is 0.578. The van der Waals surface area contributed by atoms with E-state index in [9.17, 15) is 4.79 Å². The lowest BCUT2D eigenvalue weighted by Gasteiger charge is -2.19. The van der Waals surface area contributed by atoms with Crippen LogP contribution in [0.3, 0.4) is 0 Å². The number of hydrogen-bond acceptors (Lipinski definition) is 5. The number of carbonyl (C=O) groups is 1. The lowest BCUT2D eigenvalue weighted by Crippen LogP contribution is -2.27. The minimum Gasteiger partial charge on any atom is -0.478 e. The first-order chi connectivity index (χ1) is 8.19. The normalized spacial score (nSPS) is 12.1. The van der Waals surface area contributed by atoms with Crippen LogP contribution in [0.4, 0.5) is 5.69 Å². The first-order valence-corrected chi connectivity index (χ1v) is 5.22. The Morgan fingerprint density at radius 1 is 1.65 bits per heavy atom. The van der Waals surface area contributed by atoms with E-state index in [-0.39, 0.29) is 18.2 Å². The fourth-order valence-electron chi connectivity index (χ4n) is 1.46. The number of aliphatic hydroxyl groups excluding tert-OH is 1. The van der Waals surface area contributed by atoms with Crippen LogP contribution in [0, 0.1) is 0 Å². The summed E-state index contributed by atoms with van der Waals surface area (Å²) in [6.07, 6.45) is 3.28. The van der Waals surface area contributed by atoms with Crippen molar-refractivity contribution in [2.75, 3.05) is 25.6 Å². The summed E-state index contributed by atoms with van der Waals surface area (Å²) in [5, 5.41) is 20.9. The summed E-state index contributed by atoms with van der Waals surface area (Å²) in [6, 6.07) is 1.45. The van der Waals surface area contributed by atoms with Gasteiger partial charge in [-0.15, -0.1) is 0 Å². The summed E-state index contributed by atoms with van der Waals surface area (Å²) in [7, 11) is 1.55. The summed E-state index contributed by atoms with van der Waals surface area (Å²) in [6.45, 7) is 0.399. The highest BCUT2D eigenvalue weighted by atomic mass is 16.5. The Hall–Kier alpha value is -1.66. The second kappa shape index (κ2) is 6.82. The van der Waals surface area contributed by atoms with E-state index >= 15 is 0 Å². The van der Waals surface area contributed by atoms with Gasteiger partial charge in [0.15, 0.2) is 0 Å². The van der Waals surface area contributed by atoms with Gasteiger partial charge in [-0.3, -0.25) is 4.98 Å². The molecule has 0 aliphatic rings. The molecule has 0 saturated heterocycles. The molecule has 1 rings (SSSR count). The third-order valence-electron chi connectivity index (χ3n) is 2.26. The number of pyridine rings is 1. The highest BCUT2D eigenvalue weighted by Gasteiger charge is 2.14. The van der Waals surface area contributed by atoms with E-state index in [2.05, 4.69) is 10.3 Å². The van der Waals surface area contributed by atoms with Gasteiger partial charge in [-0.25, -0.2) is 4.79 Å². The van der Waals surface area contributed by atoms with Gasteiger partial charge in [0.25, 0.3) is 0 Å². The fourth-order valence-corrected chi connectivity index (χ4v) is 1.46. The number of nitrogens with one attached hydrogen (secondary N) is 1. The average Bonchev–Trinajstić information content (AvgIpc) is 2.30.